The van der Waals surface area contributed by atoms with Gasteiger partial charge in [0.15, 0.2) is 0 Å². The molecule has 0 aliphatic heterocycles. The lowest BCUT2D eigenvalue weighted by molar-refractivity contribution is -0.0696. The van der Waals surface area contributed by atoms with Gasteiger partial charge in [0, 0.05) is 22.9 Å². The Morgan fingerprint density at radius 3 is 2.10 bits per heavy atom. The molecule has 0 radical (unpaired) electrons. The van der Waals surface area contributed by atoms with Crippen molar-refractivity contribution in [3.05, 3.63) is 89.2 Å². The molecular formula is C33H24F8O. The number of alkyl halides is 3. The van der Waals surface area contributed by atoms with Gasteiger partial charge >= 0.3 is 6.18 Å². The Morgan fingerprint density at radius 2 is 1.45 bits per heavy atom. The molecule has 0 unspecified atom stereocenters. The van der Waals surface area contributed by atoms with Crippen LogP contribution >= 0.6 is 0 Å². The number of benzene rings is 4. The van der Waals surface area contributed by atoms with Crippen LogP contribution in [0.15, 0.2) is 54.6 Å². The molecule has 1 saturated carbocycles. The van der Waals surface area contributed by atoms with E-state index in [1.165, 1.54) is 24.1 Å². The van der Waals surface area contributed by atoms with Crippen molar-refractivity contribution in [3.8, 4) is 39.8 Å². The van der Waals surface area contributed by atoms with Crippen LogP contribution in [0.3, 0.4) is 0 Å². The molecule has 1 nitrogen and oxygen atoms in total. The van der Waals surface area contributed by atoms with Crippen LogP contribution in [-0.4, -0.2) is 12.8 Å². The minimum Gasteiger partial charge on any atom is -0.493 e. The van der Waals surface area contributed by atoms with Gasteiger partial charge in [0.1, 0.15) is 34.8 Å². The van der Waals surface area contributed by atoms with Crippen molar-refractivity contribution in [1.29, 1.82) is 0 Å². The van der Waals surface area contributed by atoms with Crippen molar-refractivity contribution >= 4 is 10.8 Å². The molecule has 5 rings (SSSR count). The first-order chi connectivity index (χ1) is 19.9. The summed E-state index contributed by atoms with van der Waals surface area (Å²) >= 11 is 0. The molecule has 1 fully saturated rings. The van der Waals surface area contributed by atoms with Gasteiger partial charge in [-0.2, -0.15) is 13.2 Å². The third kappa shape index (κ3) is 6.38. The van der Waals surface area contributed by atoms with Crippen molar-refractivity contribution < 1.29 is 39.9 Å². The van der Waals surface area contributed by atoms with E-state index in [0.717, 1.165) is 68.0 Å². The Kier molecular flexibility index (Phi) is 8.18. The second-order valence-corrected chi connectivity index (χ2v) is 10.6. The Bertz CT molecular complexity index is 1680. The molecular weight excluding hydrogens is 564 g/mol. The zero-order valence-corrected chi connectivity index (χ0v) is 22.3. The van der Waals surface area contributed by atoms with Crippen LogP contribution in [-0.2, 0) is 0 Å². The molecule has 1 aliphatic carbocycles. The Morgan fingerprint density at radius 1 is 0.762 bits per heavy atom. The smallest absolute Gasteiger partial charge is 0.458 e. The summed E-state index contributed by atoms with van der Waals surface area (Å²) in [6.07, 6.45) is -0.603. The van der Waals surface area contributed by atoms with Crippen LogP contribution in [0.25, 0.3) is 33.0 Å². The maximum atomic E-state index is 15.2. The monoisotopic (exact) mass is 588 g/mol. The highest BCUT2D eigenvalue weighted by molar-refractivity contribution is 5.89. The summed E-state index contributed by atoms with van der Waals surface area (Å²) in [5.41, 5.74) is -1.79. The third-order valence-corrected chi connectivity index (χ3v) is 7.56. The molecule has 4 aromatic carbocycles. The van der Waals surface area contributed by atoms with Crippen LogP contribution in [0.4, 0.5) is 35.1 Å². The minimum absolute atomic E-state index is 0.0478. The van der Waals surface area contributed by atoms with Crippen molar-refractivity contribution in [2.45, 2.75) is 38.8 Å². The highest BCUT2D eigenvalue weighted by Gasteiger charge is 2.24. The summed E-state index contributed by atoms with van der Waals surface area (Å²) in [6, 6.07) is 10.0. The lowest BCUT2D eigenvalue weighted by atomic mass is 9.83. The molecule has 1 aliphatic rings. The van der Waals surface area contributed by atoms with Crippen LogP contribution in [0.1, 0.15) is 38.2 Å². The Hall–Kier alpha value is -4.06. The molecule has 0 aromatic heterocycles. The summed E-state index contributed by atoms with van der Waals surface area (Å²) in [7, 11) is 0. The SMILES string of the molecule is CC1CCC(COc2ccc(-c3cc(F)c(-c4ccc5c(F)c(C#CC(F)(F)F)c(F)cc5c4)c(F)c3)c(F)c2)CC1. The number of ether oxygens (including phenoxy) is 1. The van der Waals surface area contributed by atoms with Gasteiger partial charge in [0.2, 0.25) is 0 Å². The van der Waals surface area contributed by atoms with E-state index in [-0.39, 0.29) is 27.5 Å². The molecule has 42 heavy (non-hydrogen) atoms. The molecule has 0 bridgehead atoms. The van der Waals surface area contributed by atoms with Gasteiger partial charge in [-0.05, 0) is 77.6 Å². The summed E-state index contributed by atoms with van der Waals surface area (Å²) in [6.45, 7) is 2.68. The van der Waals surface area contributed by atoms with Crippen molar-refractivity contribution in [3.63, 3.8) is 0 Å². The molecule has 0 amide bonds. The highest BCUT2D eigenvalue weighted by atomic mass is 19.4. The summed E-state index contributed by atoms with van der Waals surface area (Å²) in [4.78, 5) is 0. The Balaban J connectivity index is 1.40. The minimum atomic E-state index is -4.95. The fourth-order valence-electron chi connectivity index (χ4n) is 5.27. The van der Waals surface area contributed by atoms with E-state index in [4.69, 9.17) is 4.74 Å². The quantitative estimate of drug-likeness (QED) is 0.167. The van der Waals surface area contributed by atoms with E-state index in [1.807, 2.05) is 0 Å². The molecule has 0 atom stereocenters. The van der Waals surface area contributed by atoms with Crippen molar-refractivity contribution in [2.75, 3.05) is 6.61 Å². The van der Waals surface area contributed by atoms with Crippen LogP contribution in [0, 0.1) is 52.8 Å². The first-order valence-electron chi connectivity index (χ1n) is 13.3. The van der Waals surface area contributed by atoms with Crippen molar-refractivity contribution in [1.82, 2.24) is 0 Å². The van der Waals surface area contributed by atoms with E-state index in [0.29, 0.717) is 24.2 Å². The zero-order valence-electron chi connectivity index (χ0n) is 22.3. The normalized spacial score (nSPS) is 17.2. The van der Waals surface area contributed by atoms with E-state index < -0.39 is 46.4 Å². The predicted molar refractivity (Wildman–Crippen MR) is 144 cm³/mol. The number of fused-ring (bicyclic) bond motifs is 1. The maximum absolute atomic E-state index is 15.2. The summed E-state index contributed by atoms with van der Waals surface area (Å²) in [5.74, 6) is -1.85. The van der Waals surface area contributed by atoms with Gasteiger partial charge in [0.05, 0.1) is 17.7 Å². The van der Waals surface area contributed by atoms with Crippen LogP contribution in [0.2, 0.25) is 0 Å². The maximum Gasteiger partial charge on any atom is 0.458 e. The number of hydrogen-bond acceptors (Lipinski definition) is 1. The fraction of sp³-hybridized carbons (Fsp3) is 0.273. The second kappa shape index (κ2) is 11.7. The molecule has 218 valence electrons. The van der Waals surface area contributed by atoms with Gasteiger partial charge in [0.25, 0.3) is 0 Å². The van der Waals surface area contributed by atoms with E-state index in [1.54, 1.807) is 0 Å². The predicted octanol–water partition coefficient (Wildman–Crippen LogP) is 9.99. The van der Waals surface area contributed by atoms with Crippen LogP contribution < -0.4 is 4.74 Å². The highest BCUT2D eigenvalue weighted by Crippen LogP contribution is 2.36. The standard InChI is InChI=1S/C33H24F8O/c1-18-2-4-19(5-3-18)17-42-23-7-9-24(28(35)16-23)22-14-29(36)31(30(37)15-22)20-6-8-25-21(12-20)13-27(34)26(32(25)38)10-11-33(39,40)41/h6-9,12-16,18-19H,2-5,17H2,1H3. The molecule has 9 heteroatoms. The molecule has 0 saturated heterocycles. The third-order valence-electron chi connectivity index (χ3n) is 7.56. The van der Waals surface area contributed by atoms with Crippen LogP contribution in [0.5, 0.6) is 5.75 Å². The fourth-order valence-corrected chi connectivity index (χ4v) is 5.27. The number of rotatable bonds is 5. The molecule has 0 spiro atoms. The first kappa shape index (κ1) is 29.4. The second-order valence-electron chi connectivity index (χ2n) is 10.6. The van der Waals surface area contributed by atoms with Crippen molar-refractivity contribution in [2.24, 2.45) is 11.8 Å². The average molecular weight is 589 g/mol. The van der Waals surface area contributed by atoms with E-state index in [9.17, 15) is 26.3 Å². The van der Waals surface area contributed by atoms with E-state index in [2.05, 4.69) is 6.92 Å². The average Bonchev–Trinajstić information content (AvgIpc) is 2.91. The number of halogens is 8. The van der Waals surface area contributed by atoms with Gasteiger partial charge < -0.3 is 4.74 Å². The Labute approximate surface area is 237 Å². The zero-order chi connectivity index (χ0) is 30.2. The lowest BCUT2D eigenvalue weighted by Crippen LogP contribution is -2.18. The first-order valence-corrected chi connectivity index (χ1v) is 13.3. The van der Waals surface area contributed by atoms with Gasteiger partial charge in [-0.3, -0.25) is 0 Å². The topological polar surface area (TPSA) is 9.23 Å². The van der Waals surface area contributed by atoms with Gasteiger partial charge in [-0.15, -0.1) is 0 Å². The molecule has 4 aromatic rings. The van der Waals surface area contributed by atoms with Gasteiger partial charge in [-0.25, -0.2) is 22.0 Å². The van der Waals surface area contributed by atoms with Gasteiger partial charge in [-0.1, -0.05) is 37.8 Å². The summed E-state index contributed by atoms with van der Waals surface area (Å²) in [5, 5.41) is -0.432. The summed E-state index contributed by atoms with van der Waals surface area (Å²) < 4.78 is 118. The van der Waals surface area contributed by atoms with E-state index >= 15 is 8.78 Å². The molecule has 0 N–H and O–H groups in total. The largest absolute Gasteiger partial charge is 0.493 e. The molecule has 0 heterocycles. The lowest BCUT2D eigenvalue weighted by Gasteiger charge is -2.26. The number of hydrogen-bond donors (Lipinski definition) is 0.